The lowest BCUT2D eigenvalue weighted by Crippen LogP contribution is -2.64. The van der Waals surface area contributed by atoms with Gasteiger partial charge in [0.1, 0.15) is 0 Å². The van der Waals surface area contributed by atoms with Crippen LogP contribution in [0.15, 0.2) is 146 Å². The van der Waals surface area contributed by atoms with Gasteiger partial charge < -0.3 is 18.9 Å². The molecule has 0 atom stereocenters. The second kappa shape index (κ2) is 27.3. The van der Waals surface area contributed by atoms with Crippen LogP contribution in [0.1, 0.15) is 225 Å². The average molecular weight is 1160 g/mol. The van der Waals surface area contributed by atoms with Gasteiger partial charge in [-0.25, -0.2) is 0 Å². The second-order valence-corrected chi connectivity index (χ2v) is 25.9. The van der Waals surface area contributed by atoms with Gasteiger partial charge in [0.25, 0.3) is 0 Å². The van der Waals surface area contributed by atoms with Crippen molar-refractivity contribution in [3.05, 3.63) is 212 Å². The van der Waals surface area contributed by atoms with Crippen LogP contribution in [0.25, 0.3) is 32.7 Å². The van der Waals surface area contributed by atoms with E-state index in [2.05, 4.69) is 201 Å². The molecule has 0 N–H and O–H groups in total. The Morgan fingerprint density at radius 1 is 0.322 bits per heavy atom. The largest absolute Gasteiger partial charge is 0.511 e. The first kappa shape index (κ1) is 61.8. The van der Waals surface area contributed by atoms with Crippen molar-refractivity contribution >= 4 is 51.6 Å². The van der Waals surface area contributed by atoms with Crippen LogP contribution in [0, 0.1) is 0 Å². The van der Waals surface area contributed by atoms with Gasteiger partial charge in [-0.15, -0.1) is 0 Å². The van der Waals surface area contributed by atoms with E-state index in [-0.39, 0.29) is 11.8 Å². The lowest BCUT2D eigenvalue weighted by atomic mass is 9.80. The van der Waals surface area contributed by atoms with Crippen molar-refractivity contribution in [3.8, 4) is 11.1 Å². The van der Waals surface area contributed by atoms with Gasteiger partial charge in [0.15, 0.2) is 11.2 Å². The van der Waals surface area contributed by atoms with Gasteiger partial charge in [-0.3, -0.25) is 9.59 Å². The number of nitrogens with zero attached hydrogens (tertiary/aromatic N) is 2. The molecule has 454 valence electrons. The summed E-state index contributed by atoms with van der Waals surface area (Å²) in [6.45, 7) is 14.7. The summed E-state index contributed by atoms with van der Waals surface area (Å²) in [4.78, 5) is 40.3. The normalized spacial score (nSPS) is 15.5. The van der Waals surface area contributed by atoms with Crippen molar-refractivity contribution in [3.63, 3.8) is 0 Å². The number of fused-ring (bicyclic) bond motifs is 9. The third kappa shape index (κ3) is 11.7. The fourth-order valence-corrected chi connectivity index (χ4v) is 14.7. The van der Waals surface area contributed by atoms with Crippen molar-refractivity contribution in [1.29, 1.82) is 0 Å². The van der Waals surface area contributed by atoms with Crippen LogP contribution >= 0.6 is 0 Å². The Kier molecular flexibility index (Phi) is 19.4. The minimum absolute atomic E-state index is 0.242. The summed E-state index contributed by atoms with van der Waals surface area (Å²) in [5.74, 6) is -0.484. The first-order chi connectivity index (χ1) is 42.5. The molecule has 8 aromatic carbocycles. The zero-order valence-corrected chi connectivity index (χ0v) is 53.9. The fraction of sp³-hybridized carbons (Fsp3) is 0.425. The molecule has 8 aromatic rings. The Labute approximate surface area is 521 Å². The summed E-state index contributed by atoms with van der Waals surface area (Å²) in [6.07, 6.45) is 23.4. The summed E-state index contributed by atoms with van der Waals surface area (Å²) in [5.41, 5.74) is 12.3. The van der Waals surface area contributed by atoms with E-state index in [0.29, 0.717) is 11.4 Å². The first-order valence-corrected chi connectivity index (χ1v) is 34.3. The van der Waals surface area contributed by atoms with Crippen LogP contribution in [-0.2, 0) is 81.5 Å². The summed E-state index contributed by atoms with van der Waals surface area (Å²) < 4.78 is 17.4. The van der Waals surface area contributed by atoms with Crippen LogP contribution in [0.4, 0.5) is 11.4 Å². The number of anilines is 2. The molecule has 0 unspecified atom stereocenters. The highest BCUT2D eigenvalue weighted by atomic mass is 16.7. The third-order valence-corrected chi connectivity index (χ3v) is 19.3. The maximum Gasteiger partial charge on any atom is 0.472 e. The van der Waals surface area contributed by atoms with Crippen LogP contribution in [0.2, 0.25) is 0 Å². The van der Waals surface area contributed by atoms with E-state index in [0.717, 1.165) is 209 Å². The van der Waals surface area contributed by atoms with Gasteiger partial charge in [-0.1, -0.05) is 240 Å². The standard InChI is InChI=1S/C80H96BN2O4/c1-9-17-29-57-45-58(30-18-10-2)50-67(49-57)79(68-51-59(31-19-11-3)46-60(52-68)32-20-12-4)77(84)82-73-43-41-65-37-25-27-39-71(65)75(73)76-72-40-28-26-38-66(72)42-44-74(76)83-78(85)80(87-81(82,83)86-79,69-53-61(33-21-13-5)47-62(54-69)34-22-14-6)70-55-63(35-23-15-7)48-64(56-70)36-24-16-8/h25-28,37-56H,9-24,29-36H2,1-8H3/q-1. The van der Waals surface area contributed by atoms with Crippen LogP contribution in [-0.4, -0.2) is 18.6 Å². The molecule has 0 radical (unpaired) electrons. The lowest BCUT2D eigenvalue weighted by molar-refractivity contribution is -0.127. The zero-order chi connectivity index (χ0) is 60.7. The highest BCUT2D eigenvalue weighted by Crippen LogP contribution is 2.62. The molecule has 3 aliphatic heterocycles. The van der Waals surface area contributed by atoms with Gasteiger partial charge in [0, 0.05) is 22.5 Å². The Morgan fingerprint density at radius 2 is 0.563 bits per heavy atom. The van der Waals surface area contributed by atoms with Crippen LogP contribution < -0.4 is 9.62 Å². The number of benzene rings is 8. The van der Waals surface area contributed by atoms with E-state index in [1.54, 1.807) is 0 Å². The maximum absolute atomic E-state index is 18.2. The van der Waals surface area contributed by atoms with Gasteiger partial charge in [-0.05, 0) is 203 Å². The van der Waals surface area contributed by atoms with Gasteiger partial charge in [0.05, 0.1) is 0 Å². The smallest absolute Gasteiger partial charge is 0.472 e. The molecule has 7 heteroatoms. The van der Waals surface area contributed by atoms with E-state index in [4.69, 9.17) is 9.31 Å². The molecule has 3 heterocycles. The molecule has 87 heavy (non-hydrogen) atoms. The Hall–Kier alpha value is -6.80. The highest BCUT2D eigenvalue weighted by molar-refractivity contribution is 6.87. The van der Waals surface area contributed by atoms with Crippen molar-refractivity contribution in [2.45, 2.75) is 221 Å². The molecular formula is C80H96BN2O4-. The molecule has 2 amide bonds. The molecule has 11 rings (SSSR count). The van der Waals surface area contributed by atoms with E-state index < -0.39 is 18.0 Å². The van der Waals surface area contributed by atoms with Crippen LogP contribution in [0.3, 0.4) is 0 Å². The number of hydrogen-bond acceptors (Lipinski definition) is 4. The number of rotatable bonds is 28. The summed E-state index contributed by atoms with van der Waals surface area (Å²) in [7, 11) is 0. The van der Waals surface area contributed by atoms with E-state index >= 15 is 9.59 Å². The van der Waals surface area contributed by atoms with Crippen LogP contribution in [0.5, 0.6) is 0 Å². The summed E-state index contributed by atoms with van der Waals surface area (Å²) in [6, 6.07) is 53.5. The molecular weight excluding hydrogens is 1060 g/mol. The fourth-order valence-electron chi connectivity index (χ4n) is 14.7. The maximum atomic E-state index is 18.2. The molecule has 1 spiro atoms. The second-order valence-electron chi connectivity index (χ2n) is 25.9. The molecule has 0 saturated carbocycles. The molecule has 2 saturated heterocycles. The predicted octanol–water partition coefficient (Wildman–Crippen LogP) is 20.5. The number of carbonyl (C=O) groups excluding carboxylic acids is 2. The van der Waals surface area contributed by atoms with Crippen molar-refractivity contribution in [1.82, 2.24) is 0 Å². The molecule has 2 fully saturated rings. The molecule has 0 bridgehead atoms. The third-order valence-electron chi connectivity index (χ3n) is 19.3. The molecule has 0 aromatic heterocycles. The van der Waals surface area contributed by atoms with Gasteiger partial charge in [0.2, 0.25) is 11.8 Å². The van der Waals surface area contributed by atoms with Gasteiger partial charge in [-0.2, -0.15) is 0 Å². The minimum Gasteiger partial charge on any atom is -0.511 e. The highest BCUT2D eigenvalue weighted by Gasteiger charge is 2.72. The monoisotopic (exact) mass is 1160 g/mol. The topological polar surface area (TPSA) is 59.1 Å². The van der Waals surface area contributed by atoms with Crippen molar-refractivity contribution in [2.75, 3.05) is 9.62 Å². The molecule has 0 aliphatic carbocycles. The summed E-state index contributed by atoms with van der Waals surface area (Å²) in [5, 5.41) is 4.06. The number of aryl methyl sites for hydroxylation is 8. The quantitative estimate of drug-likeness (QED) is 0.0459. The Bertz CT molecular complexity index is 3290. The first-order valence-electron chi connectivity index (χ1n) is 34.3. The van der Waals surface area contributed by atoms with E-state index in [9.17, 15) is 0 Å². The average Bonchev–Trinajstić information content (AvgIpc) is 1.50. The number of carbonyl (C=O) groups is 2. The SMILES string of the molecule is CCCCc1cc(CCCC)cc(C2(c3cc(CCCC)cc(CCCC)c3)O[B-]34OC(c5cc(CCCC)cc(CCCC)c5)(c5cc(CCCC)cc(CCCC)c5)C(=O)N3c3ccc5ccccc5c3-c3c(ccc5ccccc35)N4C2=O)c1. The Balaban J connectivity index is 1.33. The van der Waals surface area contributed by atoms with Crippen molar-refractivity contribution < 1.29 is 18.9 Å². The molecule has 6 nitrogen and oxygen atoms in total. The minimum atomic E-state index is -3.39. The molecule has 3 aliphatic rings. The number of amides is 2. The van der Waals surface area contributed by atoms with E-state index in [1.807, 2.05) is 9.62 Å². The summed E-state index contributed by atoms with van der Waals surface area (Å²) >= 11 is 0. The van der Waals surface area contributed by atoms with Crippen molar-refractivity contribution in [2.24, 2.45) is 0 Å². The lowest BCUT2D eigenvalue weighted by Gasteiger charge is -2.46. The number of hydrogen-bond donors (Lipinski definition) is 0. The predicted molar refractivity (Wildman–Crippen MR) is 366 cm³/mol. The van der Waals surface area contributed by atoms with E-state index in [1.165, 1.54) is 44.5 Å². The number of unbranched alkanes of at least 4 members (excludes halogenated alkanes) is 8. The Morgan fingerprint density at radius 3 is 0.805 bits per heavy atom. The van der Waals surface area contributed by atoms with Gasteiger partial charge >= 0.3 is 6.82 Å². The zero-order valence-electron chi connectivity index (χ0n) is 53.9.